The molecule has 1 saturated heterocycles. The van der Waals surface area contributed by atoms with E-state index in [9.17, 15) is 9.59 Å². The Kier molecular flexibility index (Phi) is 7.39. The smallest absolute Gasteiger partial charge is 0.236 e. The Bertz CT molecular complexity index is 293. The molecule has 0 bridgehead atoms. The van der Waals surface area contributed by atoms with Gasteiger partial charge < -0.3 is 19.7 Å². The summed E-state index contributed by atoms with van der Waals surface area (Å²) in [5.41, 5.74) is 0. The second-order valence-electron chi connectivity index (χ2n) is 4.38. The summed E-state index contributed by atoms with van der Waals surface area (Å²) in [5.74, 6) is -0.133. The quantitative estimate of drug-likeness (QED) is 0.557. The Morgan fingerprint density at radius 3 is 2.68 bits per heavy atom. The van der Waals surface area contributed by atoms with E-state index in [2.05, 4.69) is 10.6 Å². The number of amides is 2. The lowest BCUT2D eigenvalue weighted by Gasteiger charge is -2.27. The Labute approximate surface area is 113 Å². The van der Waals surface area contributed by atoms with Gasteiger partial charge in [0, 0.05) is 26.7 Å². The molecule has 19 heavy (non-hydrogen) atoms. The normalized spacial score (nSPS) is 17.1. The highest BCUT2D eigenvalue weighted by molar-refractivity contribution is 5.83. The number of carbonyl (C=O) groups excluding carboxylic acids is 2. The number of rotatable bonds is 7. The fraction of sp³-hybridized carbons (Fsp3) is 0.833. The average molecular weight is 273 g/mol. The van der Waals surface area contributed by atoms with E-state index in [1.54, 1.807) is 18.9 Å². The fourth-order valence-electron chi connectivity index (χ4n) is 1.69. The molecule has 1 heterocycles. The lowest BCUT2D eigenvalue weighted by atomic mass is 10.3. The Hall–Kier alpha value is -1.18. The first-order chi connectivity index (χ1) is 9.15. The minimum Gasteiger partial charge on any atom is -0.383 e. The third kappa shape index (κ3) is 6.00. The molecule has 110 valence electrons. The molecule has 1 atom stereocenters. The maximum absolute atomic E-state index is 11.8. The highest BCUT2D eigenvalue weighted by Gasteiger charge is 2.18. The highest BCUT2D eigenvalue weighted by Crippen LogP contribution is 1.96. The summed E-state index contributed by atoms with van der Waals surface area (Å²) in [7, 11) is 1.58. The van der Waals surface area contributed by atoms with Crippen molar-refractivity contribution in [3.05, 3.63) is 0 Å². The van der Waals surface area contributed by atoms with Crippen molar-refractivity contribution in [3.8, 4) is 0 Å². The molecule has 0 aromatic carbocycles. The SMILES string of the molecule is COCCNC(=O)C(C)NCC(=O)N1CCOCC1. The van der Waals surface area contributed by atoms with Gasteiger partial charge >= 0.3 is 0 Å². The molecule has 2 N–H and O–H groups in total. The first-order valence-electron chi connectivity index (χ1n) is 6.50. The van der Waals surface area contributed by atoms with Crippen LogP contribution in [0.4, 0.5) is 0 Å². The van der Waals surface area contributed by atoms with Crippen molar-refractivity contribution in [1.82, 2.24) is 15.5 Å². The molecule has 0 aromatic heterocycles. The molecule has 2 amide bonds. The molecule has 1 fully saturated rings. The number of hydrogen-bond donors (Lipinski definition) is 2. The zero-order valence-corrected chi connectivity index (χ0v) is 11.6. The summed E-state index contributed by atoms with van der Waals surface area (Å²) in [4.78, 5) is 25.2. The van der Waals surface area contributed by atoms with E-state index < -0.39 is 6.04 Å². The van der Waals surface area contributed by atoms with Crippen molar-refractivity contribution in [2.75, 3.05) is 53.1 Å². The van der Waals surface area contributed by atoms with Gasteiger partial charge in [0.05, 0.1) is 32.4 Å². The Morgan fingerprint density at radius 1 is 1.37 bits per heavy atom. The molecule has 0 radical (unpaired) electrons. The number of morpholine rings is 1. The molecule has 7 heteroatoms. The molecule has 1 aliphatic rings. The number of nitrogens with one attached hydrogen (secondary N) is 2. The van der Waals surface area contributed by atoms with Crippen molar-refractivity contribution in [2.45, 2.75) is 13.0 Å². The zero-order chi connectivity index (χ0) is 14.1. The number of ether oxygens (including phenoxy) is 2. The summed E-state index contributed by atoms with van der Waals surface area (Å²) in [5, 5.41) is 5.64. The van der Waals surface area contributed by atoms with Gasteiger partial charge in [-0.15, -0.1) is 0 Å². The molecule has 1 rings (SSSR count). The van der Waals surface area contributed by atoms with Crippen LogP contribution in [0.15, 0.2) is 0 Å². The molecule has 1 aliphatic heterocycles. The van der Waals surface area contributed by atoms with E-state index in [1.807, 2.05) is 0 Å². The van der Waals surface area contributed by atoms with Gasteiger partial charge in [-0.2, -0.15) is 0 Å². The molecule has 7 nitrogen and oxygen atoms in total. The van der Waals surface area contributed by atoms with Crippen LogP contribution in [0.1, 0.15) is 6.92 Å². The molecular weight excluding hydrogens is 250 g/mol. The van der Waals surface area contributed by atoms with Crippen LogP contribution in [-0.4, -0.2) is 75.9 Å². The Morgan fingerprint density at radius 2 is 2.05 bits per heavy atom. The predicted molar refractivity (Wildman–Crippen MR) is 69.7 cm³/mol. The monoisotopic (exact) mass is 273 g/mol. The van der Waals surface area contributed by atoms with Crippen LogP contribution >= 0.6 is 0 Å². The van der Waals surface area contributed by atoms with Crippen LogP contribution < -0.4 is 10.6 Å². The van der Waals surface area contributed by atoms with Gasteiger partial charge in [-0.3, -0.25) is 14.9 Å². The molecule has 0 spiro atoms. The van der Waals surface area contributed by atoms with Crippen LogP contribution in [0.3, 0.4) is 0 Å². The minimum atomic E-state index is -0.401. The van der Waals surface area contributed by atoms with E-state index in [0.29, 0.717) is 39.5 Å². The van der Waals surface area contributed by atoms with Gasteiger partial charge in [0.15, 0.2) is 0 Å². The first kappa shape index (κ1) is 15.9. The summed E-state index contributed by atoms with van der Waals surface area (Å²) in [6.45, 7) is 5.25. The minimum absolute atomic E-state index is 0.000147. The van der Waals surface area contributed by atoms with Crippen LogP contribution in [0.5, 0.6) is 0 Å². The highest BCUT2D eigenvalue weighted by atomic mass is 16.5. The molecule has 0 aromatic rings. The van der Waals surface area contributed by atoms with Crippen LogP contribution in [0, 0.1) is 0 Å². The van der Waals surface area contributed by atoms with Gasteiger partial charge in [-0.1, -0.05) is 0 Å². The van der Waals surface area contributed by atoms with Gasteiger partial charge in [-0.25, -0.2) is 0 Å². The number of carbonyl (C=O) groups is 2. The second-order valence-corrected chi connectivity index (χ2v) is 4.38. The summed E-state index contributed by atoms with van der Waals surface area (Å²) < 4.78 is 10.0. The van der Waals surface area contributed by atoms with E-state index in [0.717, 1.165) is 0 Å². The number of hydrogen-bond acceptors (Lipinski definition) is 5. The zero-order valence-electron chi connectivity index (χ0n) is 11.6. The average Bonchev–Trinajstić information content (AvgIpc) is 2.45. The van der Waals surface area contributed by atoms with Crippen molar-refractivity contribution >= 4 is 11.8 Å². The van der Waals surface area contributed by atoms with Gasteiger partial charge in [0.1, 0.15) is 0 Å². The van der Waals surface area contributed by atoms with E-state index in [4.69, 9.17) is 9.47 Å². The third-order valence-corrected chi connectivity index (χ3v) is 2.92. The predicted octanol–water partition coefficient (Wildman–Crippen LogP) is -1.41. The van der Waals surface area contributed by atoms with E-state index >= 15 is 0 Å². The Balaban J connectivity index is 2.19. The summed E-state index contributed by atoms with van der Waals surface area (Å²) in [6, 6.07) is -0.401. The largest absolute Gasteiger partial charge is 0.383 e. The lowest BCUT2D eigenvalue weighted by molar-refractivity contribution is -0.134. The fourth-order valence-corrected chi connectivity index (χ4v) is 1.69. The van der Waals surface area contributed by atoms with Crippen molar-refractivity contribution in [2.24, 2.45) is 0 Å². The lowest BCUT2D eigenvalue weighted by Crippen LogP contribution is -2.49. The third-order valence-electron chi connectivity index (χ3n) is 2.92. The van der Waals surface area contributed by atoms with E-state index in [-0.39, 0.29) is 18.4 Å². The van der Waals surface area contributed by atoms with Crippen LogP contribution in [0.2, 0.25) is 0 Å². The van der Waals surface area contributed by atoms with E-state index in [1.165, 1.54) is 0 Å². The summed E-state index contributed by atoms with van der Waals surface area (Å²) in [6.07, 6.45) is 0. The van der Waals surface area contributed by atoms with Crippen molar-refractivity contribution in [1.29, 1.82) is 0 Å². The van der Waals surface area contributed by atoms with Gasteiger partial charge in [0.25, 0.3) is 0 Å². The van der Waals surface area contributed by atoms with Crippen molar-refractivity contribution < 1.29 is 19.1 Å². The molecule has 0 aliphatic carbocycles. The van der Waals surface area contributed by atoms with Gasteiger partial charge in [-0.05, 0) is 6.92 Å². The second kappa shape index (κ2) is 8.84. The number of nitrogens with zero attached hydrogens (tertiary/aromatic N) is 1. The van der Waals surface area contributed by atoms with Crippen molar-refractivity contribution in [3.63, 3.8) is 0 Å². The summed E-state index contributed by atoms with van der Waals surface area (Å²) >= 11 is 0. The topological polar surface area (TPSA) is 79.9 Å². The molecular formula is C12H23N3O4. The van der Waals surface area contributed by atoms with Gasteiger partial charge in [0.2, 0.25) is 11.8 Å². The molecule has 0 saturated carbocycles. The standard InChI is InChI=1S/C12H23N3O4/c1-10(12(17)13-3-6-18-2)14-9-11(16)15-4-7-19-8-5-15/h10,14H,3-9H2,1-2H3,(H,13,17). The number of methoxy groups -OCH3 is 1. The maximum atomic E-state index is 11.8. The first-order valence-corrected chi connectivity index (χ1v) is 6.50. The molecule has 1 unspecified atom stereocenters. The maximum Gasteiger partial charge on any atom is 0.236 e. The van der Waals surface area contributed by atoms with Crippen LogP contribution in [-0.2, 0) is 19.1 Å². The van der Waals surface area contributed by atoms with Crippen LogP contribution in [0.25, 0.3) is 0 Å².